The summed E-state index contributed by atoms with van der Waals surface area (Å²) in [5.41, 5.74) is 3.16. The highest BCUT2D eigenvalue weighted by molar-refractivity contribution is 5.34. The van der Waals surface area contributed by atoms with Crippen molar-refractivity contribution in [1.82, 2.24) is 0 Å². The van der Waals surface area contributed by atoms with Crippen LogP contribution in [0.3, 0.4) is 0 Å². The van der Waals surface area contributed by atoms with Gasteiger partial charge in [-0.15, -0.1) is 0 Å². The first-order valence-corrected chi connectivity index (χ1v) is 6.23. The minimum Gasteiger partial charge on any atom is -0.494 e. The molecule has 1 aliphatic heterocycles. The third-order valence-corrected chi connectivity index (χ3v) is 3.59. The minimum atomic E-state index is 0.319. The summed E-state index contributed by atoms with van der Waals surface area (Å²) in [5, 5.41) is 0. The largest absolute Gasteiger partial charge is 0.494 e. The predicted octanol–water partition coefficient (Wildman–Crippen LogP) is 4.06. The molecule has 0 amide bonds. The predicted molar refractivity (Wildman–Crippen MR) is 63.5 cm³/mol. The summed E-state index contributed by atoms with van der Waals surface area (Å²) in [4.78, 5) is 0. The summed E-state index contributed by atoms with van der Waals surface area (Å²) in [7, 11) is 0. The average molecular weight is 206 g/mol. The van der Waals surface area contributed by atoms with Crippen LogP contribution in [0.15, 0.2) is 23.5 Å². The number of hydrogen-bond donors (Lipinski definition) is 0. The van der Waals surface area contributed by atoms with Crippen molar-refractivity contribution in [2.24, 2.45) is 11.8 Å². The average Bonchev–Trinajstić information content (AvgIpc) is 2.19. The van der Waals surface area contributed by atoms with Gasteiger partial charge in [0.15, 0.2) is 0 Å². The monoisotopic (exact) mass is 206 g/mol. The quantitative estimate of drug-likeness (QED) is 0.662. The summed E-state index contributed by atoms with van der Waals surface area (Å²) in [6, 6.07) is 0. The second-order valence-corrected chi connectivity index (χ2v) is 5.28. The van der Waals surface area contributed by atoms with E-state index in [1.165, 1.54) is 25.7 Å². The van der Waals surface area contributed by atoms with Crippen molar-refractivity contribution in [3.63, 3.8) is 0 Å². The fraction of sp³-hybridized carbons (Fsp3) is 0.714. The van der Waals surface area contributed by atoms with Crippen molar-refractivity contribution in [1.29, 1.82) is 0 Å². The van der Waals surface area contributed by atoms with Gasteiger partial charge in [-0.05, 0) is 61.7 Å². The summed E-state index contributed by atoms with van der Waals surface area (Å²) in [6.07, 6.45) is 9.71. The van der Waals surface area contributed by atoms with E-state index in [1.54, 1.807) is 11.1 Å². The molecular formula is C14H22O. The van der Waals surface area contributed by atoms with Crippen molar-refractivity contribution in [3.8, 4) is 0 Å². The van der Waals surface area contributed by atoms with Gasteiger partial charge in [0.25, 0.3) is 0 Å². The molecule has 0 spiro atoms. The van der Waals surface area contributed by atoms with Crippen LogP contribution < -0.4 is 0 Å². The van der Waals surface area contributed by atoms with E-state index in [9.17, 15) is 0 Å². The van der Waals surface area contributed by atoms with E-state index in [2.05, 4.69) is 26.8 Å². The molecule has 2 rings (SSSR count). The summed E-state index contributed by atoms with van der Waals surface area (Å²) in [6.45, 7) is 6.82. The van der Waals surface area contributed by atoms with Gasteiger partial charge in [0.1, 0.15) is 6.10 Å². The lowest BCUT2D eigenvalue weighted by Gasteiger charge is -2.33. The molecule has 0 aromatic carbocycles. The molecule has 2 atom stereocenters. The van der Waals surface area contributed by atoms with Crippen molar-refractivity contribution in [2.75, 3.05) is 0 Å². The van der Waals surface area contributed by atoms with Crippen molar-refractivity contribution in [2.45, 2.75) is 52.6 Å². The van der Waals surface area contributed by atoms with Crippen LogP contribution in [0.25, 0.3) is 0 Å². The van der Waals surface area contributed by atoms with Gasteiger partial charge < -0.3 is 4.74 Å². The molecule has 0 aromatic heterocycles. The lowest BCUT2D eigenvalue weighted by molar-refractivity contribution is 0.175. The van der Waals surface area contributed by atoms with E-state index in [4.69, 9.17) is 4.74 Å². The van der Waals surface area contributed by atoms with Crippen molar-refractivity contribution < 1.29 is 4.74 Å². The molecule has 0 fully saturated rings. The van der Waals surface area contributed by atoms with E-state index < -0.39 is 0 Å². The van der Waals surface area contributed by atoms with Gasteiger partial charge in [0, 0.05) is 0 Å². The highest BCUT2D eigenvalue weighted by Crippen LogP contribution is 2.38. The van der Waals surface area contributed by atoms with Gasteiger partial charge in [-0.3, -0.25) is 0 Å². The molecule has 84 valence electrons. The molecule has 1 heteroatoms. The zero-order valence-corrected chi connectivity index (χ0v) is 10.1. The minimum absolute atomic E-state index is 0.319. The molecule has 0 saturated carbocycles. The molecule has 0 saturated heterocycles. The third kappa shape index (κ3) is 2.27. The number of ether oxygens (including phenoxy) is 1. The van der Waals surface area contributed by atoms with E-state index in [0.717, 1.165) is 11.8 Å². The Balaban J connectivity index is 2.19. The number of rotatable bonds is 2. The topological polar surface area (TPSA) is 9.23 Å². The Morgan fingerprint density at radius 2 is 2.27 bits per heavy atom. The van der Waals surface area contributed by atoms with Crippen molar-refractivity contribution in [3.05, 3.63) is 23.5 Å². The highest BCUT2D eigenvalue weighted by atomic mass is 16.5. The fourth-order valence-electron chi connectivity index (χ4n) is 2.91. The molecule has 1 heterocycles. The highest BCUT2D eigenvalue weighted by Gasteiger charge is 2.27. The molecule has 1 nitrogen and oxygen atoms in total. The van der Waals surface area contributed by atoms with Crippen LogP contribution in [0.5, 0.6) is 0 Å². The van der Waals surface area contributed by atoms with Crippen LogP contribution in [0.2, 0.25) is 0 Å². The Morgan fingerprint density at radius 1 is 1.47 bits per heavy atom. The molecular weight excluding hydrogens is 184 g/mol. The normalized spacial score (nSPS) is 30.4. The van der Waals surface area contributed by atoms with Crippen LogP contribution in [-0.4, -0.2) is 6.10 Å². The zero-order valence-electron chi connectivity index (χ0n) is 10.1. The first-order valence-electron chi connectivity index (χ1n) is 6.23. The van der Waals surface area contributed by atoms with Gasteiger partial charge >= 0.3 is 0 Å². The van der Waals surface area contributed by atoms with Gasteiger partial charge in [-0.1, -0.05) is 13.8 Å². The number of hydrogen-bond acceptors (Lipinski definition) is 1. The molecule has 0 radical (unpaired) electrons. The maximum Gasteiger partial charge on any atom is 0.117 e. The van der Waals surface area contributed by atoms with Gasteiger partial charge in [0.05, 0.1) is 6.26 Å². The Morgan fingerprint density at radius 3 is 3.00 bits per heavy atom. The Labute approximate surface area is 93.2 Å². The smallest absolute Gasteiger partial charge is 0.117 e. The maximum atomic E-state index is 5.56. The third-order valence-electron chi connectivity index (χ3n) is 3.59. The zero-order chi connectivity index (χ0) is 10.8. The fourth-order valence-corrected chi connectivity index (χ4v) is 2.91. The summed E-state index contributed by atoms with van der Waals surface area (Å²) < 4.78 is 5.56. The lowest BCUT2D eigenvalue weighted by Crippen LogP contribution is -2.22. The van der Waals surface area contributed by atoms with E-state index >= 15 is 0 Å². The summed E-state index contributed by atoms with van der Waals surface area (Å²) in [5.74, 6) is 1.59. The second kappa shape index (κ2) is 4.42. The van der Waals surface area contributed by atoms with Crippen LogP contribution in [0.4, 0.5) is 0 Å². The second-order valence-electron chi connectivity index (χ2n) is 5.28. The van der Waals surface area contributed by atoms with Gasteiger partial charge in [-0.25, -0.2) is 0 Å². The molecule has 0 N–H and O–H groups in total. The SMILES string of the molecule is CC(C)CC1CCCC2=C1C=COC2C. The first kappa shape index (κ1) is 10.8. The van der Waals surface area contributed by atoms with Crippen LogP contribution >= 0.6 is 0 Å². The Hall–Kier alpha value is -0.720. The lowest BCUT2D eigenvalue weighted by atomic mass is 9.77. The molecule has 2 aliphatic rings. The van der Waals surface area contributed by atoms with Crippen LogP contribution in [0.1, 0.15) is 46.5 Å². The molecule has 1 aliphatic carbocycles. The van der Waals surface area contributed by atoms with Gasteiger partial charge in [-0.2, -0.15) is 0 Å². The van der Waals surface area contributed by atoms with E-state index in [1.807, 2.05) is 6.26 Å². The van der Waals surface area contributed by atoms with E-state index in [-0.39, 0.29) is 0 Å². The summed E-state index contributed by atoms with van der Waals surface area (Å²) >= 11 is 0. The standard InChI is InChI=1S/C14H22O/c1-10(2)9-12-5-4-6-13-11(3)15-8-7-14(12)13/h7-8,10-12H,4-6,9H2,1-3H3. The van der Waals surface area contributed by atoms with E-state index in [0.29, 0.717) is 6.10 Å². The van der Waals surface area contributed by atoms with Gasteiger partial charge in [0.2, 0.25) is 0 Å². The van der Waals surface area contributed by atoms with Crippen LogP contribution in [-0.2, 0) is 4.74 Å². The number of allylic oxidation sites excluding steroid dienone is 2. The molecule has 0 aromatic rings. The molecule has 2 unspecified atom stereocenters. The first-order chi connectivity index (χ1) is 7.18. The Bertz CT molecular complexity index is 286. The van der Waals surface area contributed by atoms with Crippen molar-refractivity contribution >= 4 is 0 Å². The Kier molecular flexibility index (Phi) is 3.18. The maximum absolute atomic E-state index is 5.56. The molecule has 15 heavy (non-hydrogen) atoms. The van der Waals surface area contributed by atoms with Crippen LogP contribution in [0, 0.1) is 11.8 Å². The molecule has 0 bridgehead atoms.